The quantitative estimate of drug-likeness (QED) is 0.357. The van der Waals surface area contributed by atoms with Crippen molar-refractivity contribution in [3.8, 4) is 5.75 Å². The number of phenols is 1. The number of halogens is 2. The number of thiophene rings is 1. The second kappa shape index (κ2) is 14.0. The predicted molar refractivity (Wildman–Crippen MR) is 178 cm³/mol. The van der Waals surface area contributed by atoms with Crippen LogP contribution in [-0.4, -0.2) is 100 Å². The van der Waals surface area contributed by atoms with Gasteiger partial charge in [-0.15, -0.1) is 11.3 Å². The van der Waals surface area contributed by atoms with Crippen LogP contribution in [0.25, 0.3) is 0 Å². The van der Waals surface area contributed by atoms with E-state index in [1.54, 1.807) is 28.4 Å². The monoisotopic (exact) mass is 750 g/mol. The van der Waals surface area contributed by atoms with Gasteiger partial charge in [0, 0.05) is 49.6 Å². The summed E-state index contributed by atoms with van der Waals surface area (Å²) in [5.41, 5.74) is 1.72. The summed E-state index contributed by atoms with van der Waals surface area (Å²) in [5, 5.41) is 18.3. The van der Waals surface area contributed by atoms with Crippen LogP contribution in [0.2, 0.25) is 0 Å². The van der Waals surface area contributed by atoms with Crippen molar-refractivity contribution in [1.82, 2.24) is 24.9 Å². The molecule has 0 radical (unpaired) electrons. The number of amides is 5. The summed E-state index contributed by atoms with van der Waals surface area (Å²) in [7, 11) is 0. The number of rotatable bonds is 6. The lowest BCUT2D eigenvalue weighted by molar-refractivity contribution is -0.134. The van der Waals surface area contributed by atoms with E-state index in [0.717, 1.165) is 42.1 Å². The summed E-state index contributed by atoms with van der Waals surface area (Å²) in [4.78, 5) is 49.6. The van der Waals surface area contributed by atoms with Gasteiger partial charge in [-0.3, -0.25) is 4.79 Å². The summed E-state index contributed by atoms with van der Waals surface area (Å²) in [5.74, 6) is 0.0309. The second-order valence-corrected chi connectivity index (χ2v) is 15.0. The number of phenolic OH excluding ortho intramolecular Hbond substituents is 1. The number of hydrogen-bond donors (Lipinski definition) is 3. The number of nitrogens with one attached hydrogen (secondary N) is 2. The minimum atomic E-state index is -0.736. The number of nitrogens with zero attached hydrogens (tertiary/aromatic N) is 4. The van der Waals surface area contributed by atoms with Crippen LogP contribution in [0.15, 0.2) is 32.5 Å². The topological polar surface area (TPSA) is 108 Å². The lowest BCUT2D eigenvalue weighted by atomic mass is 9.98. The molecule has 4 aliphatic rings. The number of benzene rings is 1. The number of aromatic hydroxyl groups is 1. The SMILES string of the molecule is O=C(N[C@@H](Cc1cc(Br)c(O)c(Br)c1)C(=O)N1CCC(N2CCCCC2)CC1)N1CCC(N2Cc3sccc3NC2=O)CC1. The molecule has 5 amide bonds. The Morgan fingerprint density at radius 2 is 1.59 bits per heavy atom. The summed E-state index contributed by atoms with van der Waals surface area (Å²) in [6.07, 6.45) is 7.39. The number of anilines is 1. The molecule has 3 fully saturated rings. The third-order valence-corrected chi connectivity index (χ3v) is 11.7. The molecule has 1 aromatic heterocycles. The highest BCUT2D eigenvalue weighted by Crippen LogP contribution is 2.34. The van der Waals surface area contributed by atoms with E-state index in [9.17, 15) is 19.5 Å². The average Bonchev–Trinajstić information content (AvgIpc) is 3.50. The van der Waals surface area contributed by atoms with Crippen molar-refractivity contribution >= 4 is 66.9 Å². The van der Waals surface area contributed by atoms with Crippen molar-refractivity contribution in [2.45, 2.75) is 76.0 Å². The van der Waals surface area contributed by atoms with E-state index in [2.05, 4.69) is 47.4 Å². The molecule has 3 saturated heterocycles. The normalized spacial score (nSPS) is 21.1. The van der Waals surface area contributed by atoms with Crippen LogP contribution < -0.4 is 10.6 Å². The third kappa shape index (κ3) is 7.05. The molecule has 6 rings (SSSR count). The van der Waals surface area contributed by atoms with E-state index >= 15 is 0 Å². The van der Waals surface area contributed by atoms with Crippen LogP contribution in [0.1, 0.15) is 55.4 Å². The van der Waals surface area contributed by atoms with Gasteiger partial charge in [-0.2, -0.15) is 0 Å². The third-order valence-electron chi connectivity index (χ3n) is 9.55. The Balaban J connectivity index is 1.09. The van der Waals surface area contributed by atoms with E-state index in [1.165, 1.54) is 19.3 Å². The highest BCUT2D eigenvalue weighted by molar-refractivity contribution is 9.11. The van der Waals surface area contributed by atoms with Crippen molar-refractivity contribution in [3.63, 3.8) is 0 Å². The van der Waals surface area contributed by atoms with Crippen LogP contribution in [0.4, 0.5) is 15.3 Å². The number of hydrogen-bond acceptors (Lipinski definition) is 6. The largest absolute Gasteiger partial charge is 0.506 e. The number of urea groups is 2. The van der Waals surface area contributed by atoms with E-state index in [4.69, 9.17) is 0 Å². The van der Waals surface area contributed by atoms with Crippen LogP contribution in [0.5, 0.6) is 5.75 Å². The van der Waals surface area contributed by atoms with Crippen molar-refractivity contribution in [2.75, 3.05) is 44.6 Å². The Kier molecular flexibility index (Phi) is 10.0. The van der Waals surface area contributed by atoms with Gasteiger partial charge in [-0.25, -0.2) is 9.59 Å². The molecule has 10 nitrogen and oxygen atoms in total. The van der Waals surface area contributed by atoms with Gasteiger partial charge < -0.3 is 35.3 Å². The molecule has 13 heteroatoms. The first-order chi connectivity index (χ1) is 21.3. The number of carbonyl (C=O) groups excluding carboxylic acids is 3. The fourth-order valence-corrected chi connectivity index (χ4v) is 9.14. The zero-order valence-corrected chi connectivity index (χ0v) is 28.8. The number of fused-ring (bicyclic) bond motifs is 1. The molecule has 2 aromatic rings. The number of carbonyl (C=O) groups is 3. The Bertz CT molecular complexity index is 1350. The van der Waals surface area contributed by atoms with Crippen LogP contribution >= 0.6 is 43.2 Å². The molecule has 4 aliphatic heterocycles. The van der Waals surface area contributed by atoms with Gasteiger partial charge in [-0.05, 0) is 113 Å². The molecule has 5 heterocycles. The molecule has 0 saturated carbocycles. The van der Waals surface area contributed by atoms with Gasteiger partial charge in [0.15, 0.2) is 0 Å². The summed E-state index contributed by atoms with van der Waals surface area (Å²) in [6.45, 7) is 5.28. The average molecular weight is 753 g/mol. The lowest BCUT2D eigenvalue weighted by Gasteiger charge is -2.41. The maximum atomic E-state index is 14.0. The van der Waals surface area contributed by atoms with Gasteiger partial charge in [0.05, 0.1) is 21.2 Å². The minimum Gasteiger partial charge on any atom is -0.506 e. The van der Waals surface area contributed by atoms with Crippen molar-refractivity contribution in [2.24, 2.45) is 0 Å². The fourth-order valence-electron chi connectivity index (χ4n) is 7.03. The van der Waals surface area contributed by atoms with Crippen LogP contribution in [0, 0.1) is 0 Å². The first-order valence-corrected chi connectivity index (χ1v) is 18.1. The molecular formula is C31H40Br2N6O4S. The molecular weight excluding hydrogens is 712 g/mol. The molecule has 1 aromatic carbocycles. The van der Waals surface area contributed by atoms with Crippen molar-refractivity contribution < 1.29 is 19.5 Å². The highest BCUT2D eigenvalue weighted by atomic mass is 79.9. The van der Waals surface area contributed by atoms with Crippen LogP contribution in [0.3, 0.4) is 0 Å². The zero-order valence-electron chi connectivity index (χ0n) is 24.8. The van der Waals surface area contributed by atoms with Crippen molar-refractivity contribution in [3.05, 3.63) is 43.0 Å². The molecule has 44 heavy (non-hydrogen) atoms. The van der Waals surface area contributed by atoms with E-state index in [1.807, 2.05) is 21.2 Å². The molecule has 0 spiro atoms. The fraction of sp³-hybridized carbons (Fsp3) is 0.581. The van der Waals surface area contributed by atoms with E-state index < -0.39 is 6.04 Å². The summed E-state index contributed by atoms with van der Waals surface area (Å²) in [6, 6.07) is 5.02. The Labute approximate surface area is 279 Å². The maximum Gasteiger partial charge on any atom is 0.322 e. The Morgan fingerprint density at radius 1 is 0.955 bits per heavy atom. The molecule has 0 aliphatic carbocycles. The van der Waals surface area contributed by atoms with Gasteiger partial charge in [0.25, 0.3) is 0 Å². The van der Waals surface area contributed by atoms with Gasteiger partial charge in [0.2, 0.25) is 5.91 Å². The molecule has 0 bridgehead atoms. The van der Waals surface area contributed by atoms with Gasteiger partial charge in [0.1, 0.15) is 11.8 Å². The van der Waals surface area contributed by atoms with E-state index in [-0.39, 0.29) is 29.8 Å². The smallest absolute Gasteiger partial charge is 0.322 e. The first-order valence-electron chi connectivity index (χ1n) is 15.7. The number of piperidine rings is 3. The predicted octanol–water partition coefficient (Wildman–Crippen LogP) is 5.59. The van der Waals surface area contributed by atoms with Crippen LogP contribution in [-0.2, 0) is 17.8 Å². The lowest BCUT2D eigenvalue weighted by Crippen LogP contribution is -2.57. The Hall–Kier alpha value is -2.35. The number of likely N-dealkylation sites (tertiary alicyclic amines) is 3. The molecule has 3 N–H and O–H groups in total. The first kappa shape index (κ1) is 31.6. The highest BCUT2D eigenvalue weighted by Gasteiger charge is 2.36. The van der Waals surface area contributed by atoms with Crippen molar-refractivity contribution in [1.29, 1.82) is 0 Å². The minimum absolute atomic E-state index is 0.0552. The summed E-state index contributed by atoms with van der Waals surface area (Å²) < 4.78 is 1.06. The molecule has 0 unspecified atom stereocenters. The standard InChI is InChI=1S/C31H40Br2N6O4S/c32-23-16-20(17-24(33)28(23)40)18-26(29(41)37-11-4-21(5-12-37)36-9-2-1-3-10-36)35-30(42)38-13-6-22(7-14-38)39-19-27-25(8-15-44-27)34-31(39)43/h8,15-17,21-22,26,40H,1-7,9-14,18-19H2,(H,34,43)(H,35,42)/t26-/m0/s1. The summed E-state index contributed by atoms with van der Waals surface area (Å²) >= 11 is 8.44. The molecule has 1 atom stereocenters. The van der Waals surface area contributed by atoms with Gasteiger partial charge >= 0.3 is 12.1 Å². The molecule has 238 valence electrons. The van der Waals surface area contributed by atoms with Gasteiger partial charge in [-0.1, -0.05) is 6.42 Å². The maximum absolute atomic E-state index is 14.0. The van der Waals surface area contributed by atoms with E-state index in [0.29, 0.717) is 67.0 Å². The Morgan fingerprint density at radius 3 is 2.27 bits per heavy atom. The second-order valence-electron chi connectivity index (χ2n) is 12.3. The zero-order chi connectivity index (χ0) is 30.8.